The van der Waals surface area contributed by atoms with Crippen LogP contribution in [0.4, 0.5) is 4.39 Å². The van der Waals surface area contributed by atoms with E-state index in [1.165, 1.54) is 19.2 Å². The molecule has 2 aromatic rings. The summed E-state index contributed by atoms with van der Waals surface area (Å²) in [5.74, 6) is -1.21. The van der Waals surface area contributed by atoms with Gasteiger partial charge in [0.15, 0.2) is 11.6 Å². The fourth-order valence-electron chi connectivity index (χ4n) is 1.89. The van der Waals surface area contributed by atoms with E-state index in [2.05, 4.69) is 20.7 Å². The summed E-state index contributed by atoms with van der Waals surface area (Å²) in [4.78, 5) is 11.5. The lowest BCUT2D eigenvalue weighted by molar-refractivity contribution is 0.0598. The third-order valence-corrected chi connectivity index (χ3v) is 3.82. The van der Waals surface area contributed by atoms with Crippen molar-refractivity contribution in [1.29, 1.82) is 0 Å². The van der Waals surface area contributed by atoms with E-state index in [9.17, 15) is 9.18 Å². The van der Waals surface area contributed by atoms with Gasteiger partial charge in [0.05, 0.1) is 30.4 Å². The Morgan fingerprint density at radius 3 is 2.57 bits per heavy atom. The molecule has 0 aliphatic rings. The summed E-state index contributed by atoms with van der Waals surface area (Å²) in [6.45, 7) is 0.996. The molecule has 0 spiro atoms. The molecule has 0 atom stereocenters. The number of esters is 1. The highest BCUT2D eigenvalue weighted by Gasteiger charge is 2.17. The molecule has 0 aromatic heterocycles. The zero-order valence-electron chi connectivity index (χ0n) is 12.6. The monoisotopic (exact) mass is 382 g/mol. The van der Waals surface area contributed by atoms with Crippen molar-refractivity contribution in [3.05, 3.63) is 63.9 Å². The standard InChI is InChI=1S/C17H16BrFO4/c1-21-17(20)13-7-8-14(16(19)15(13)18)23-10-9-22-11-12-5-3-2-4-6-12/h2-8H,9-11H2,1H3. The Morgan fingerprint density at radius 2 is 1.87 bits per heavy atom. The van der Waals surface area contributed by atoms with Crippen molar-refractivity contribution in [2.45, 2.75) is 6.61 Å². The summed E-state index contributed by atoms with van der Waals surface area (Å²) in [6, 6.07) is 12.6. The fraction of sp³-hybridized carbons (Fsp3) is 0.235. The summed E-state index contributed by atoms with van der Waals surface area (Å²) in [6.07, 6.45) is 0. The van der Waals surface area contributed by atoms with E-state index in [-0.39, 0.29) is 22.4 Å². The highest BCUT2D eigenvalue weighted by atomic mass is 79.9. The molecule has 23 heavy (non-hydrogen) atoms. The van der Waals surface area contributed by atoms with E-state index < -0.39 is 11.8 Å². The zero-order chi connectivity index (χ0) is 16.7. The van der Waals surface area contributed by atoms with Crippen molar-refractivity contribution in [2.75, 3.05) is 20.3 Å². The van der Waals surface area contributed by atoms with Crippen LogP contribution < -0.4 is 4.74 Å². The normalized spacial score (nSPS) is 10.4. The molecule has 0 amide bonds. The zero-order valence-corrected chi connectivity index (χ0v) is 14.1. The molecule has 0 N–H and O–H groups in total. The molecule has 0 aliphatic heterocycles. The van der Waals surface area contributed by atoms with E-state index in [1.807, 2.05) is 30.3 Å². The van der Waals surface area contributed by atoms with Gasteiger partial charge in [-0.25, -0.2) is 9.18 Å². The Bertz CT molecular complexity index is 661. The highest BCUT2D eigenvalue weighted by Crippen LogP contribution is 2.29. The van der Waals surface area contributed by atoms with Crippen LogP contribution in [0.2, 0.25) is 0 Å². The number of ether oxygens (including phenoxy) is 3. The molecule has 0 bridgehead atoms. The molecular weight excluding hydrogens is 367 g/mol. The van der Waals surface area contributed by atoms with Crippen LogP contribution in [-0.4, -0.2) is 26.3 Å². The molecular formula is C17H16BrFO4. The quantitative estimate of drug-likeness (QED) is 0.536. The van der Waals surface area contributed by atoms with E-state index in [0.717, 1.165) is 5.56 Å². The Labute approximate surface area is 142 Å². The van der Waals surface area contributed by atoms with Gasteiger partial charge in [0.25, 0.3) is 0 Å². The predicted molar refractivity (Wildman–Crippen MR) is 87.0 cm³/mol. The average molecular weight is 383 g/mol. The maximum absolute atomic E-state index is 14.1. The Balaban J connectivity index is 1.84. The van der Waals surface area contributed by atoms with E-state index in [1.54, 1.807) is 0 Å². The van der Waals surface area contributed by atoms with Crippen LogP contribution in [0.3, 0.4) is 0 Å². The molecule has 2 aromatic carbocycles. The minimum Gasteiger partial charge on any atom is -0.488 e. The molecule has 0 fully saturated rings. The van der Waals surface area contributed by atoms with Gasteiger partial charge in [-0.1, -0.05) is 30.3 Å². The second-order valence-corrected chi connectivity index (χ2v) is 5.41. The number of benzene rings is 2. The number of carbonyl (C=O) groups excluding carboxylic acids is 1. The Hall–Kier alpha value is -1.92. The van der Waals surface area contributed by atoms with Crippen molar-refractivity contribution >= 4 is 21.9 Å². The highest BCUT2D eigenvalue weighted by molar-refractivity contribution is 9.10. The minimum atomic E-state index is -0.643. The number of methoxy groups -OCH3 is 1. The Morgan fingerprint density at radius 1 is 1.13 bits per heavy atom. The van der Waals surface area contributed by atoms with Crippen molar-refractivity contribution in [3.63, 3.8) is 0 Å². The van der Waals surface area contributed by atoms with Crippen molar-refractivity contribution in [1.82, 2.24) is 0 Å². The van der Waals surface area contributed by atoms with Gasteiger partial charge >= 0.3 is 5.97 Å². The first-order valence-electron chi connectivity index (χ1n) is 6.94. The van der Waals surface area contributed by atoms with Crippen LogP contribution in [0.15, 0.2) is 46.9 Å². The summed E-state index contributed by atoms with van der Waals surface area (Å²) < 4.78 is 29.5. The number of carbonyl (C=O) groups is 1. The summed E-state index contributed by atoms with van der Waals surface area (Å²) >= 11 is 3.04. The lowest BCUT2D eigenvalue weighted by Gasteiger charge is -2.10. The lowest BCUT2D eigenvalue weighted by atomic mass is 10.2. The molecule has 122 valence electrons. The van der Waals surface area contributed by atoms with Gasteiger partial charge in [0.1, 0.15) is 6.61 Å². The van der Waals surface area contributed by atoms with Crippen molar-refractivity contribution in [3.8, 4) is 5.75 Å². The third kappa shape index (κ3) is 4.77. The second-order valence-electron chi connectivity index (χ2n) is 4.62. The van der Waals surface area contributed by atoms with Gasteiger partial charge < -0.3 is 14.2 Å². The first kappa shape index (κ1) is 17.4. The van der Waals surface area contributed by atoms with Crippen LogP contribution in [0.5, 0.6) is 5.75 Å². The van der Waals surface area contributed by atoms with Crippen LogP contribution in [0.25, 0.3) is 0 Å². The molecule has 6 heteroatoms. The predicted octanol–water partition coefficient (Wildman–Crippen LogP) is 3.97. The van der Waals surface area contributed by atoms with Gasteiger partial charge in [0, 0.05) is 0 Å². The van der Waals surface area contributed by atoms with E-state index in [0.29, 0.717) is 13.2 Å². The molecule has 4 nitrogen and oxygen atoms in total. The maximum Gasteiger partial charge on any atom is 0.339 e. The second kappa shape index (κ2) is 8.64. The molecule has 0 heterocycles. The number of hydrogen-bond acceptors (Lipinski definition) is 4. The number of halogens is 2. The van der Waals surface area contributed by atoms with E-state index in [4.69, 9.17) is 9.47 Å². The fourth-order valence-corrected chi connectivity index (χ4v) is 2.38. The first-order chi connectivity index (χ1) is 11.1. The first-order valence-corrected chi connectivity index (χ1v) is 7.73. The summed E-state index contributed by atoms with van der Waals surface area (Å²) in [5.41, 5.74) is 1.17. The smallest absolute Gasteiger partial charge is 0.339 e. The number of hydrogen-bond donors (Lipinski definition) is 0. The lowest BCUT2D eigenvalue weighted by Crippen LogP contribution is -2.09. The molecule has 0 aliphatic carbocycles. The average Bonchev–Trinajstić information content (AvgIpc) is 2.58. The largest absolute Gasteiger partial charge is 0.488 e. The molecule has 0 saturated heterocycles. The van der Waals surface area contributed by atoms with Crippen LogP contribution in [0, 0.1) is 5.82 Å². The topological polar surface area (TPSA) is 44.8 Å². The van der Waals surface area contributed by atoms with Crippen LogP contribution >= 0.6 is 15.9 Å². The molecule has 2 rings (SSSR count). The van der Waals surface area contributed by atoms with Crippen molar-refractivity contribution in [2.24, 2.45) is 0 Å². The summed E-state index contributed by atoms with van der Waals surface area (Å²) in [5, 5.41) is 0. The van der Waals surface area contributed by atoms with Gasteiger partial charge in [-0.05, 0) is 33.6 Å². The third-order valence-electron chi connectivity index (χ3n) is 3.05. The maximum atomic E-state index is 14.1. The van der Waals surface area contributed by atoms with Gasteiger partial charge in [-0.15, -0.1) is 0 Å². The molecule has 0 radical (unpaired) electrons. The molecule has 0 unspecified atom stereocenters. The van der Waals surface area contributed by atoms with Crippen LogP contribution in [-0.2, 0) is 16.1 Å². The van der Waals surface area contributed by atoms with Gasteiger partial charge in [0.2, 0.25) is 0 Å². The van der Waals surface area contributed by atoms with Crippen molar-refractivity contribution < 1.29 is 23.4 Å². The SMILES string of the molecule is COC(=O)c1ccc(OCCOCc2ccccc2)c(F)c1Br. The Kier molecular flexibility index (Phi) is 6.55. The van der Waals surface area contributed by atoms with E-state index >= 15 is 0 Å². The number of rotatable bonds is 7. The minimum absolute atomic E-state index is 0.0204. The van der Waals surface area contributed by atoms with Gasteiger partial charge in [-0.3, -0.25) is 0 Å². The molecule has 0 saturated carbocycles. The summed E-state index contributed by atoms with van der Waals surface area (Å²) in [7, 11) is 1.24. The van der Waals surface area contributed by atoms with Gasteiger partial charge in [-0.2, -0.15) is 0 Å². The van der Waals surface area contributed by atoms with Crippen LogP contribution in [0.1, 0.15) is 15.9 Å².